The van der Waals surface area contributed by atoms with Crippen LogP contribution < -0.4 is 15.4 Å². The molecule has 0 radical (unpaired) electrons. The number of likely N-dealkylation sites (tertiary alicyclic amines) is 2. The molecule has 1 aromatic rings. The number of nitrogens with zero attached hydrogens (tertiary/aromatic N) is 3. The van der Waals surface area contributed by atoms with Crippen LogP contribution in [-0.2, 0) is 6.54 Å². The molecule has 2 aliphatic rings. The van der Waals surface area contributed by atoms with Crippen LogP contribution in [-0.4, -0.2) is 75.2 Å². The molecule has 6 nitrogen and oxygen atoms in total. The lowest BCUT2D eigenvalue weighted by Crippen LogP contribution is -2.46. The zero-order chi connectivity index (χ0) is 20.5. The van der Waals surface area contributed by atoms with Crippen LogP contribution in [0.25, 0.3) is 0 Å². The van der Waals surface area contributed by atoms with Crippen molar-refractivity contribution in [2.45, 2.75) is 45.2 Å². The second kappa shape index (κ2) is 13.4. The standard InChI is InChI=1S/C23H39N5O.HI/c1-4-28-13-5-6-21(28)17-26-23(24-2)25-16-19-11-14-27(15-12-19)18-20-7-9-22(29-3)10-8-20;/h7-10,19,21H,4-6,11-18H2,1-3H3,(H2,24,25,26);1H. The molecule has 170 valence electrons. The smallest absolute Gasteiger partial charge is 0.191 e. The van der Waals surface area contributed by atoms with Crippen molar-refractivity contribution in [1.82, 2.24) is 20.4 Å². The van der Waals surface area contributed by atoms with Gasteiger partial charge in [-0.05, 0) is 75.5 Å². The molecule has 0 saturated carbocycles. The van der Waals surface area contributed by atoms with Gasteiger partial charge in [-0.15, -0.1) is 24.0 Å². The summed E-state index contributed by atoms with van der Waals surface area (Å²) in [5.74, 6) is 2.60. The maximum atomic E-state index is 5.25. The topological polar surface area (TPSA) is 52.1 Å². The lowest BCUT2D eigenvalue weighted by atomic mass is 9.96. The van der Waals surface area contributed by atoms with Crippen molar-refractivity contribution in [2.75, 3.05) is 53.4 Å². The van der Waals surface area contributed by atoms with E-state index >= 15 is 0 Å². The van der Waals surface area contributed by atoms with Crippen LogP contribution >= 0.6 is 24.0 Å². The summed E-state index contributed by atoms with van der Waals surface area (Å²) in [6, 6.07) is 9.10. The van der Waals surface area contributed by atoms with Crippen molar-refractivity contribution in [3.8, 4) is 5.75 Å². The Morgan fingerprint density at radius 1 is 1.07 bits per heavy atom. The molecule has 0 spiro atoms. The van der Waals surface area contributed by atoms with E-state index in [1.165, 1.54) is 37.8 Å². The predicted molar refractivity (Wildman–Crippen MR) is 136 cm³/mol. The van der Waals surface area contributed by atoms with Crippen LogP contribution in [0.1, 0.15) is 38.2 Å². The summed E-state index contributed by atoms with van der Waals surface area (Å²) in [6.07, 6.45) is 5.10. The van der Waals surface area contributed by atoms with Gasteiger partial charge in [-0.1, -0.05) is 19.1 Å². The van der Waals surface area contributed by atoms with Gasteiger partial charge in [0, 0.05) is 32.7 Å². The zero-order valence-corrected chi connectivity index (χ0v) is 21.2. The molecule has 7 heteroatoms. The Labute approximate surface area is 199 Å². The summed E-state index contributed by atoms with van der Waals surface area (Å²) in [6.45, 7) is 10.0. The number of ether oxygens (including phenoxy) is 1. The highest BCUT2D eigenvalue weighted by Crippen LogP contribution is 2.20. The van der Waals surface area contributed by atoms with E-state index in [0.29, 0.717) is 6.04 Å². The van der Waals surface area contributed by atoms with Crippen molar-refractivity contribution in [1.29, 1.82) is 0 Å². The molecule has 3 rings (SSSR count). The molecule has 1 aromatic carbocycles. The van der Waals surface area contributed by atoms with E-state index in [4.69, 9.17) is 4.74 Å². The first-order valence-corrected chi connectivity index (χ1v) is 11.3. The van der Waals surface area contributed by atoms with Crippen molar-refractivity contribution in [2.24, 2.45) is 10.9 Å². The summed E-state index contributed by atoms with van der Waals surface area (Å²) < 4.78 is 5.25. The van der Waals surface area contributed by atoms with Gasteiger partial charge < -0.3 is 15.4 Å². The normalized spacial score (nSPS) is 21.3. The third-order valence-electron chi connectivity index (χ3n) is 6.46. The summed E-state index contributed by atoms with van der Waals surface area (Å²) in [5, 5.41) is 7.10. The fourth-order valence-electron chi connectivity index (χ4n) is 4.56. The largest absolute Gasteiger partial charge is 0.497 e. The number of piperidine rings is 1. The molecule has 2 heterocycles. The number of likely N-dealkylation sites (N-methyl/N-ethyl adjacent to an activating group) is 1. The van der Waals surface area contributed by atoms with Crippen molar-refractivity contribution < 1.29 is 4.74 Å². The fraction of sp³-hybridized carbons (Fsp3) is 0.696. The molecule has 0 amide bonds. The molecule has 1 unspecified atom stereocenters. The summed E-state index contributed by atoms with van der Waals surface area (Å²) in [7, 11) is 3.59. The second-order valence-electron chi connectivity index (χ2n) is 8.33. The number of rotatable bonds is 8. The maximum Gasteiger partial charge on any atom is 0.191 e. The van der Waals surface area contributed by atoms with Gasteiger partial charge in [0.2, 0.25) is 0 Å². The molecule has 2 fully saturated rings. The third kappa shape index (κ3) is 7.57. The number of aliphatic imine (C=N–C) groups is 1. The number of methoxy groups -OCH3 is 1. The predicted octanol–water partition coefficient (Wildman–Crippen LogP) is 3.17. The van der Waals surface area contributed by atoms with Crippen LogP contribution in [0.15, 0.2) is 29.3 Å². The highest BCUT2D eigenvalue weighted by molar-refractivity contribution is 14.0. The third-order valence-corrected chi connectivity index (χ3v) is 6.46. The SMILES string of the molecule is CCN1CCCC1CNC(=NC)NCC1CCN(Cc2ccc(OC)cc2)CC1.I. The Morgan fingerprint density at radius 2 is 1.77 bits per heavy atom. The van der Waals surface area contributed by atoms with Crippen molar-refractivity contribution in [3.05, 3.63) is 29.8 Å². The Kier molecular flexibility index (Phi) is 11.2. The van der Waals surface area contributed by atoms with Crippen LogP contribution in [0.5, 0.6) is 5.75 Å². The number of halogens is 1. The number of nitrogens with one attached hydrogen (secondary N) is 2. The Hall–Kier alpha value is -1.06. The summed E-state index contributed by atoms with van der Waals surface area (Å²) in [4.78, 5) is 9.55. The van der Waals surface area contributed by atoms with Crippen LogP contribution in [0.3, 0.4) is 0 Å². The molecule has 2 aliphatic heterocycles. The van der Waals surface area contributed by atoms with E-state index in [1.807, 2.05) is 7.05 Å². The monoisotopic (exact) mass is 529 g/mol. The van der Waals surface area contributed by atoms with Gasteiger partial charge >= 0.3 is 0 Å². The molecule has 1 atom stereocenters. The summed E-state index contributed by atoms with van der Waals surface area (Å²) in [5.41, 5.74) is 1.36. The lowest BCUT2D eigenvalue weighted by Gasteiger charge is -2.32. The van der Waals surface area contributed by atoms with Crippen molar-refractivity contribution in [3.63, 3.8) is 0 Å². The average molecular weight is 530 g/mol. The van der Waals surface area contributed by atoms with E-state index in [0.717, 1.165) is 56.9 Å². The number of guanidine groups is 1. The van der Waals surface area contributed by atoms with Gasteiger partial charge in [0.25, 0.3) is 0 Å². The van der Waals surface area contributed by atoms with Gasteiger partial charge in [-0.3, -0.25) is 14.8 Å². The highest BCUT2D eigenvalue weighted by Gasteiger charge is 2.23. The van der Waals surface area contributed by atoms with E-state index < -0.39 is 0 Å². The van der Waals surface area contributed by atoms with Gasteiger partial charge in [-0.25, -0.2) is 0 Å². The van der Waals surface area contributed by atoms with Gasteiger partial charge in [-0.2, -0.15) is 0 Å². The molecule has 0 aliphatic carbocycles. The van der Waals surface area contributed by atoms with E-state index in [-0.39, 0.29) is 24.0 Å². The summed E-state index contributed by atoms with van der Waals surface area (Å²) >= 11 is 0. The van der Waals surface area contributed by atoms with Gasteiger partial charge in [0.05, 0.1) is 7.11 Å². The molecule has 0 aromatic heterocycles. The minimum Gasteiger partial charge on any atom is -0.497 e. The number of hydrogen-bond donors (Lipinski definition) is 2. The molecule has 2 saturated heterocycles. The van der Waals surface area contributed by atoms with Crippen LogP contribution in [0, 0.1) is 5.92 Å². The van der Waals surface area contributed by atoms with E-state index in [9.17, 15) is 0 Å². The first kappa shape index (κ1) is 25.2. The first-order valence-electron chi connectivity index (χ1n) is 11.3. The quantitative estimate of drug-likeness (QED) is 0.308. The number of benzene rings is 1. The Bertz CT molecular complexity index is 631. The lowest BCUT2D eigenvalue weighted by molar-refractivity contribution is 0.178. The fourth-order valence-corrected chi connectivity index (χ4v) is 4.56. The van der Waals surface area contributed by atoms with Crippen LogP contribution in [0.2, 0.25) is 0 Å². The minimum absolute atomic E-state index is 0. The van der Waals surface area contributed by atoms with E-state index in [2.05, 4.69) is 56.6 Å². The first-order chi connectivity index (χ1) is 14.2. The van der Waals surface area contributed by atoms with Crippen LogP contribution in [0.4, 0.5) is 0 Å². The molecule has 0 bridgehead atoms. The molecule has 30 heavy (non-hydrogen) atoms. The Morgan fingerprint density at radius 3 is 2.40 bits per heavy atom. The average Bonchev–Trinajstić information content (AvgIpc) is 3.23. The second-order valence-corrected chi connectivity index (χ2v) is 8.33. The minimum atomic E-state index is 0. The Balaban J connectivity index is 0.00000320. The molecule has 2 N–H and O–H groups in total. The van der Waals surface area contributed by atoms with Gasteiger partial charge in [0.15, 0.2) is 5.96 Å². The highest BCUT2D eigenvalue weighted by atomic mass is 127. The zero-order valence-electron chi connectivity index (χ0n) is 18.9. The maximum absolute atomic E-state index is 5.25. The van der Waals surface area contributed by atoms with E-state index in [1.54, 1.807) is 7.11 Å². The molecular weight excluding hydrogens is 489 g/mol. The number of hydrogen-bond acceptors (Lipinski definition) is 4. The molecular formula is C23H40IN5O. The van der Waals surface area contributed by atoms with Gasteiger partial charge in [0.1, 0.15) is 5.75 Å². The van der Waals surface area contributed by atoms with Crippen molar-refractivity contribution >= 4 is 29.9 Å².